The number of fused-ring (bicyclic) bond motifs is 1. The van der Waals surface area contributed by atoms with Crippen LogP contribution in [0.3, 0.4) is 0 Å². The summed E-state index contributed by atoms with van der Waals surface area (Å²) in [6.45, 7) is 1.74. The van der Waals surface area contributed by atoms with Crippen LogP contribution in [0.1, 0.15) is 11.3 Å². The minimum absolute atomic E-state index is 0.612. The molecule has 0 radical (unpaired) electrons. The molecule has 0 aliphatic carbocycles. The Morgan fingerprint density at radius 3 is 2.64 bits per heavy atom. The highest BCUT2D eigenvalue weighted by Gasteiger charge is 2.23. The Labute approximate surface area is 133 Å². The minimum Gasteiger partial charge on any atom is -0.312 e. The molecule has 3 heterocycles. The van der Waals surface area contributed by atoms with Gasteiger partial charge in [-0.3, -0.25) is 0 Å². The van der Waals surface area contributed by atoms with Gasteiger partial charge >= 0.3 is 0 Å². The lowest BCUT2D eigenvalue weighted by Gasteiger charge is -2.15. The number of hydrogen-bond acceptors (Lipinski definition) is 4. The Kier molecular flexibility index (Phi) is 3.36. The summed E-state index contributed by atoms with van der Waals surface area (Å²) >= 11 is 5.99. The average molecular weight is 312 g/mol. The van der Waals surface area contributed by atoms with Crippen molar-refractivity contribution >= 4 is 11.6 Å². The number of aromatic nitrogens is 4. The quantitative estimate of drug-likeness (QED) is 0.790. The van der Waals surface area contributed by atoms with Gasteiger partial charge in [0.2, 0.25) is 0 Å². The Hall–Kier alpha value is -2.24. The van der Waals surface area contributed by atoms with Gasteiger partial charge in [-0.2, -0.15) is 5.10 Å². The van der Waals surface area contributed by atoms with Gasteiger partial charge in [0, 0.05) is 48.1 Å². The average Bonchev–Trinajstić information content (AvgIpc) is 2.96. The minimum atomic E-state index is 0.612. The van der Waals surface area contributed by atoms with E-state index in [0.717, 1.165) is 35.8 Å². The molecule has 22 heavy (non-hydrogen) atoms. The second kappa shape index (κ2) is 5.51. The van der Waals surface area contributed by atoms with Crippen molar-refractivity contribution < 1.29 is 0 Å². The van der Waals surface area contributed by atoms with Gasteiger partial charge in [-0.25, -0.2) is 14.6 Å². The zero-order valence-electron chi connectivity index (χ0n) is 11.8. The van der Waals surface area contributed by atoms with Crippen molar-refractivity contribution in [2.45, 2.75) is 13.0 Å². The molecule has 1 aliphatic rings. The number of nitrogens with zero attached hydrogens (tertiary/aromatic N) is 4. The fourth-order valence-electron chi connectivity index (χ4n) is 2.75. The molecule has 5 nitrogen and oxygen atoms in total. The van der Waals surface area contributed by atoms with Crippen molar-refractivity contribution in [2.75, 3.05) is 6.54 Å². The third kappa shape index (κ3) is 2.28. The molecule has 0 unspecified atom stereocenters. The first-order valence-corrected chi connectivity index (χ1v) is 7.55. The van der Waals surface area contributed by atoms with E-state index in [2.05, 4.69) is 15.3 Å². The van der Waals surface area contributed by atoms with Crippen molar-refractivity contribution in [3.8, 4) is 17.2 Å². The van der Waals surface area contributed by atoms with E-state index in [4.69, 9.17) is 16.7 Å². The molecule has 4 rings (SSSR count). The van der Waals surface area contributed by atoms with Crippen LogP contribution in [0.25, 0.3) is 17.2 Å². The third-order valence-electron chi connectivity index (χ3n) is 3.79. The molecule has 1 N–H and O–H groups in total. The fourth-order valence-corrected chi connectivity index (χ4v) is 2.88. The molecule has 6 heteroatoms. The van der Waals surface area contributed by atoms with E-state index in [9.17, 15) is 0 Å². The van der Waals surface area contributed by atoms with Gasteiger partial charge in [0.05, 0.1) is 11.4 Å². The van der Waals surface area contributed by atoms with Gasteiger partial charge in [-0.15, -0.1) is 0 Å². The molecule has 1 aromatic carbocycles. The summed E-state index contributed by atoms with van der Waals surface area (Å²) in [7, 11) is 0. The Bertz CT molecular complexity index is 795. The van der Waals surface area contributed by atoms with E-state index < -0.39 is 0 Å². The second-order valence-corrected chi connectivity index (χ2v) is 5.60. The van der Waals surface area contributed by atoms with Gasteiger partial charge in [0.1, 0.15) is 0 Å². The molecular formula is C16H14ClN5. The van der Waals surface area contributed by atoms with Gasteiger partial charge in [-0.05, 0) is 18.2 Å². The second-order valence-electron chi connectivity index (χ2n) is 5.17. The lowest BCUT2D eigenvalue weighted by molar-refractivity contribution is 0.617. The Morgan fingerprint density at radius 2 is 1.86 bits per heavy atom. The smallest absolute Gasteiger partial charge is 0.250 e. The molecular weight excluding hydrogens is 298 g/mol. The maximum atomic E-state index is 5.99. The van der Waals surface area contributed by atoms with E-state index in [1.165, 1.54) is 11.3 Å². The molecule has 3 aromatic rings. The summed E-state index contributed by atoms with van der Waals surface area (Å²) in [5.41, 5.74) is 4.40. The highest BCUT2D eigenvalue weighted by Crippen LogP contribution is 2.29. The third-order valence-corrected chi connectivity index (χ3v) is 4.04. The molecule has 0 atom stereocenters. The highest BCUT2D eigenvalue weighted by atomic mass is 35.5. The van der Waals surface area contributed by atoms with Gasteiger partial charge < -0.3 is 5.32 Å². The normalized spacial score (nSPS) is 13.9. The van der Waals surface area contributed by atoms with Gasteiger partial charge in [0.15, 0.2) is 0 Å². The SMILES string of the molecule is Clc1ccc(-c2nn(-c3ncccn3)c3c2CNCC3)cc1. The Morgan fingerprint density at radius 1 is 1.09 bits per heavy atom. The Balaban J connectivity index is 1.89. The molecule has 0 saturated heterocycles. The molecule has 1 aliphatic heterocycles. The summed E-state index contributed by atoms with van der Waals surface area (Å²) in [4.78, 5) is 8.65. The van der Waals surface area contributed by atoms with Crippen LogP contribution in [-0.4, -0.2) is 26.3 Å². The first-order valence-electron chi connectivity index (χ1n) is 7.18. The summed E-state index contributed by atoms with van der Waals surface area (Å²) < 4.78 is 1.86. The lowest BCUT2D eigenvalue weighted by atomic mass is 10.0. The number of nitrogens with one attached hydrogen (secondary N) is 1. The summed E-state index contributed by atoms with van der Waals surface area (Å²) in [6.07, 6.45) is 4.38. The number of hydrogen-bond donors (Lipinski definition) is 1. The van der Waals surface area contributed by atoms with Crippen LogP contribution < -0.4 is 5.32 Å². The summed E-state index contributed by atoms with van der Waals surface area (Å²) in [5, 5.41) is 8.90. The highest BCUT2D eigenvalue weighted by molar-refractivity contribution is 6.30. The molecule has 0 fully saturated rings. The van der Waals surface area contributed by atoms with Crippen molar-refractivity contribution in [2.24, 2.45) is 0 Å². The maximum absolute atomic E-state index is 5.99. The predicted octanol–water partition coefficient (Wildman–Crippen LogP) is 2.63. The van der Waals surface area contributed by atoms with Crippen molar-refractivity contribution in [3.63, 3.8) is 0 Å². The van der Waals surface area contributed by atoms with Crippen LogP contribution in [0.4, 0.5) is 0 Å². The largest absolute Gasteiger partial charge is 0.312 e. The van der Waals surface area contributed by atoms with Crippen LogP contribution >= 0.6 is 11.6 Å². The molecule has 0 spiro atoms. The predicted molar refractivity (Wildman–Crippen MR) is 85.0 cm³/mol. The van der Waals surface area contributed by atoms with Crippen LogP contribution in [0.5, 0.6) is 0 Å². The van der Waals surface area contributed by atoms with Crippen molar-refractivity contribution in [3.05, 3.63) is 59.0 Å². The molecule has 110 valence electrons. The van der Waals surface area contributed by atoms with E-state index in [0.29, 0.717) is 5.95 Å². The lowest BCUT2D eigenvalue weighted by Crippen LogP contribution is -2.25. The zero-order chi connectivity index (χ0) is 14.9. The van der Waals surface area contributed by atoms with Crippen LogP contribution in [0, 0.1) is 0 Å². The zero-order valence-corrected chi connectivity index (χ0v) is 12.6. The maximum Gasteiger partial charge on any atom is 0.250 e. The van der Waals surface area contributed by atoms with E-state index in [1.54, 1.807) is 18.5 Å². The van der Waals surface area contributed by atoms with Crippen molar-refractivity contribution in [1.29, 1.82) is 0 Å². The first kappa shape index (κ1) is 13.4. The van der Waals surface area contributed by atoms with E-state index in [1.807, 2.05) is 28.9 Å². The fraction of sp³-hybridized carbons (Fsp3) is 0.188. The molecule has 2 aromatic heterocycles. The standard InChI is InChI=1S/C16H14ClN5/c17-12-4-2-11(3-5-12)15-13-10-18-9-6-14(13)22(21-15)16-19-7-1-8-20-16/h1-5,7-8,18H,6,9-10H2. The van der Waals surface area contributed by atoms with Crippen molar-refractivity contribution in [1.82, 2.24) is 25.1 Å². The van der Waals surface area contributed by atoms with Crippen LogP contribution in [0.15, 0.2) is 42.7 Å². The topological polar surface area (TPSA) is 55.6 Å². The first-order chi connectivity index (χ1) is 10.8. The molecule has 0 bridgehead atoms. The summed E-state index contributed by atoms with van der Waals surface area (Å²) in [5.74, 6) is 0.612. The van der Waals surface area contributed by atoms with E-state index in [-0.39, 0.29) is 0 Å². The summed E-state index contributed by atoms with van der Waals surface area (Å²) in [6, 6.07) is 9.57. The number of benzene rings is 1. The van der Waals surface area contributed by atoms with Crippen LogP contribution in [-0.2, 0) is 13.0 Å². The number of rotatable bonds is 2. The monoisotopic (exact) mass is 311 g/mol. The van der Waals surface area contributed by atoms with Gasteiger partial charge in [0.25, 0.3) is 5.95 Å². The van der Waals surface area contributed by atoms with E-state index >= 15 is 0 Å². The number of halogens is 1. The van der Waals surface area contributed by atoms with Crippen LogP contribution in [0.2, 0.25) is 5.02 Å². The van der Waals surface area contributed by atoms with Gasteiger partial charge in [-0.1, -0.05) is 23.7 Å². The molecule has 0 saturated carbocycles. The molecule has 0 amide bonds.